The number of hydrogen-bond donors (Lipinski definition) is 2. The maximum absolute atomic E-state index is 13.6. The van der Waals surface area contributed by atoms with Gasteiger partial charge in [-0.25, -0.2) is 13.6 Å². The lowest BCUT2D eigenvalue weighted by Gasteiger charge is -2.32. The monoisotopic (exact) mass is 482 g/mol. The van der Waals surface area contributed by atoms with Crippen LogP contribution in [0.4, 0.5) is 13.6 Å². The van der Waals surface area contributed by atoms with Gasteiger partial charge in [0.2, 0.25) is 0 Å². The van der Waals surface area contributed by atoms with Crippen LogP contribution in [-0.2, 0) is 11.3 Å². The van der Waals surface area contributed by atoms with Gasteiger partial charge in [0.15, 0.2) is 5.96 Å². The van der Waals surface area contributed by atoms with E-state index in [9.17, 15) is 13.6 Å². The van der Waals surface area contributed by atoms with E-state index in [0.717, 1.165) is 31.0 Å². The molecule has 1 fully saturated rings. The topological polar surface area (TPSA) is 66.0 Å². The second-order valence-electron chi connectivity index (χ2n) is 5.77. The van der Waals surface area contributed by atoms with Crippen molar-refractivity contribution in [3.63, 3.8) is 0 Å². The molecule has 26 heavy (non-hydrogen) atoms. The molecule has 2 rings (SSSR count). The fourth-order valence-electron chi connectivity index (χ4n) is 2.67. The van der Waals surface area contributed by atoms with Gasteiger partial charge < -0.3 is 20.3 Å². The van der Waals surface area contributed by atoms with Crippen LogP contribution in [0.25, 0.3) is 0 Å². The third-order valence-corrected chi connectivity index (χ3v) is 4.04. The number of likely N-dealkylation sites (tertiary alicyclic amines) is 1. The van der Waals surface area contributed by atoms with E-state index < -0.39 is 11.6 Å². The number of amides is 1. The van der Waals surface area contributed by atoms with Crippen LogP contribution in [0.3, 0.4) is 0 Å². The molecule has 0 spiro atoms. The Morgan fingerprint density at radius 3 is 2.65 bits per heavy atom. The highest BCUT2D eigenvalue weighted by molar-refractivity contribution is 14.0. The fourth-order valence-corrected chi connectivity index (χ4v) is 2.67. The van der Waals surface area contributed by atoms with E-state index in [1.54, 1.807) is 18.9 Å². The molecular weight excluding hydrogens is 457 g/mol. The van der Waals surface area contributed by atoms with Gasteiger partial charge in [0.1, 0.15) is 11.6 Å². The van der Waals surface area contributed by atoms with Crippen LogP contribution in [0.1, 0.15) is 25.3 Å². The molecular formula is C17H25F2IN4O2. The lowest BCUT2D eigenvalue weighted by molar-refractivity contribution is 0.0963. The molecule has 1 aliphatic rings. The summed E-state index contributed by atoms with van der Waals surface area (Å²) < 4.78 is 31.8. The van der Waals surface area contributed by atoms with Gasteiger partial charge >= 0.3 is 6.09 Å². The van der Waals surface area contributed by atoms with Crippen LogP contribution in [0.15, 0.2) is 23.2 Å². The molecule has 0 radical (unpaired) electrons. The molecule has 1 aliphatic heterocycles. The summed E-state index contributed by atoms with van der Waals surface area (Å²) in [6.45, 7) is 3.48. The van der Waals surface area contributed by atoms with Crippen molar-refractivity contribution in [2.75, 3.05) is 26.7 Å². The Morgan fingerprint density at radius 2 is 2.04 bits per heavy atom. The Hall–Kier alpha value is -1.65. The van der Waals surface area contributed by atoms with Crippen LogP contribution >= 0.6 is 24.0 Å². The minimum absolute atomic E-state index is 0. The SMILES string of the molecule is CCOC(=O)N1CCC(NC(=NC)NCc2cc(F)ccc2F)CC1.I. The second kappa shape index (κ2) is 11.1. The molecule has 1 heterocycles. The van der Waals surface area contributed by atoms with Crippen molar-refractivity contribution in [3.8, 4) is 0 Å². The normalized spacial score (nSPS) is 15.2. The number of rotatable bonds is 4. The molecule has 9 heteroatoms. The highest BCUT2D eigenvalue weighted by atomic mass is 127. The van der Waals surface area contributed by atoms with E-state index in [2.05, 4.69) is 15.6 Å². The van der Waals surface area contributed by atoms with Gasteiger partial charge in [-0.15, -0.1) is 24.0 Å². The third-order valence-electron chi connectivity index (χ3n) is 4.04. The molecule has 0 aromatic heterocycles. The zero-order valence-corrected chi connectivity index (χ0v) is 17.3. The van der Waals surface area contributed by atoms with E-state index in [0.29, 0.717) is 25.7 Å². The predicted molar refractivity (Wildman–Crippen MR) is 107 cm³/mol. The Balaban J connectivity index is 0.00000338. The highest BCUT2D eigenvalue weighted by Gasteiger charge is 2.24. The summed E-state index contributed by atoms with van der Waals surface area (Å²) in [5, 5.41) is 6.23. The fraction of sp³-hybridized carbons (Fsp3) is 0.529. The van der Waals surface area contributed by atoms with Crippen LogP contribution in [-0.4, -0.2) is 49.7 Å². The molecule has 0 unspecified atom stereocenters. The lowest BCUT2D eigenvalue weighted by Crippen LogP contribution is -2.49. The van der Waals surface area contributed by atoms with Crippen molar-refractivity contribution in [1.82, 2.24) is 15.5 Å². The summed E-state index contributed by atoms with van der Waals surface area (Å²) in [4.78, 5) is 17.5. The van der Waals surface area contributed by atoms with Gasteiger partial charge in [0, 0.05) is 38.3 Å². The number of nitrogens with one attached hydrogen (secondary N) is 2. The highest BCUT2D eigenvalue weighted by Crippen LogP contribution is 2.12. The average Bonchev–Trinajstić information content (AvgIpc) is 2.62. The molecule has 0 bridgehead atoms. The summed E-state index contributed by atoms with van der Waals surface area (Å²) in [5.41, 5.74) is 0.236. The number of piperidine rings is 1. The number of carbonyl (C=O) groups is 1. The van der Waals surface area contributed by atoms with Crippen molar-refractivity contribution in [1.29, 1.82) is 0 Å². The van der Waals surface area contributed by atoms with Crippen molar-refractivity contribution in [2.45, 2.75) is 32.4 Å². The number of ether oxygens (including phenoxy) is 1. The predicted octanol–water partition coefficient (Wildman–Crippen LogP) is 2.87. The molecule has 0 saturated carbocycles. The number of nitrogens with zero attached hydrogens (tertiary/aromatic N) is 2. The van der Waals surface area contributed by atoms with Crippen LogP contribution in [0, 0.1) is 11.6 Å². The average molecular weight is 482 g/mol. The molecule has 6 nitrogen and oxygen atoms in total. The number of benzene rings is 1. The summed E-state index contributed by atoms with van der Waals surface area (Å²) in [5.74, 6) is -0.433. The molecule has 0 atom stereocenters. The Morgan fingerprint density at radius 1 is 1.35 bits per heavy atom. The Labute approximate surface area is 169 Å². The number of halogens is 3. The number of hydrogen-bond acceptors (Lipinski definition) is 3. The van der Waals surface area contributed by atoms with E-state index in [1.165, 1.54) is 0 Å². The van der Waals surface area contributed by atoms with Crippen LogP contribution in [0.2, 0.25) is 0 Å². The molecule has 0 aliphatic carbocycles. The number of guanidine groups is 1. The van der Waals surface area contributed by atoms with Gasteiger partial charge in [-0.1, -0.05) is 0 Å². The number of carbonyl (C=O) groups excluding carboxylic acids is 1. The molecule has 1 aromatic carbocycles. The summed E-state index contributed by atoms with van der Waals surface area (Å²) in [7, 11) is 1.62. The van der Waals surface area contributed by atoms with Crippen molar-refractivity contribution < 1.29 is 18.3 Å². The van der Waals surface area contributed by atoms with Crippen molar-refractivity contribution >= 4 is 36.0 Å². The first-order valence-electron chi connectivity index (χ1n) is 8.36. The molecule has 2 N–H and O–H groups in total. The van der Waals surface area contributed by atoms with E-state index in [1.807, 2.05) is 0 Å². The van der Waals surface area contributed by atoms with Crippen LogP contribution in [0.5, 0.6) is 0 Å². The first kappa shape index (κ1) is 22.4. The van der Waals surface area contributed by atoms with E-state index in [4.69, 9.17) is 4.74 Å². The minimum Gasteiger partial charge on any atom is -0.450 e. The van der Waals surface area contributed by atoms with Crippen molar-refractivity contribution in [3.05, 3.63) is 35.4 Å². The van der Waals surface area contributed by atoms with Gasteiger partial charge in [-0.2, -0.15) is 0 Å². The maximum Gasteiger partial charge on any atom is 0.409 e. The standard InChI is InChI=1S/C17H24F2N4O2.HI/c1-3-25-17(24)23-8-6-14(7-9-23)22-16(20-2)21-11-12-10-13(18)4-5-15(12)19;/h4-5,10,14H,3,6-9,11H2,1-2H3,(H2,20,21,22);1H. The molecule has 1 amide bonds. The third kappa shape index (κ3) is 6.58. The summed E-state index contributed by atoms with van der Waals surface area (Å²) >= 11 is 0. The van der Waals surface area contributed by atoms with E-state index in [-0.39, 0.29) is 48.2 Å². The largest absolute Gasteiger partial charge is 0.450 e. The zero-order valence-electron chi connectivity index (χ0n) is 14.9. The minimum atomic E-state index is -0.479. The van der Waals surface area contributed by atoms with Gasteiger partial charge in [-0.05, 0) is 38.0 Å². The molecule has 1 saturated heterocycles. The Kier molecular flexibility index (Phi) is 9.60. The number of aliphatic imine (C=N–C) groups is 1. The molecule has 1 aromatic rings. The second-order valence-corrected chi connectivity index (χ2v) is 5.77. The summed E-state index contributed by atoms with van der Waals surface area (Å²) in [6, 6.07) is 3.50. The van der Waals surface area contributed by atoms with Crippen LogP contribution < -0.4 is 10.6 Å². The first-order valence-corrected chi connectivity index (χ1v) is 8.36. The molecule has 146 valence electrons. The smallest absolute Gasteiger partial charge is 0.409 e. The maximum atomic E-state index is 13.6. The summed E-state index contributed by atoms with van der Waals surface area (Å²) in [6.07, 6.45) is 1.23. The van der Waals surface area contributed by atoms with Gasteiger partial charge in [-0.3, -0.25) is 4.99 Å². The van der Waals surface area contributed by atoms with Gasteiger partial charge in [0.05, 0.1) is 6.61 Å². The van der Waals surface area contributed by atoms with Crippen molar-refractivity contribution in [2.24, 2.45) is 4.99 Å². The van der Waals surface area contributed by atoms with Gasteiger partial charge in [0.25, 0.3) is 0 Å². The Bertz CT molecular complexity index is 623. The first-order chi connectivity index (χ1) is 12.0. The van der Waals surface area contributed by atoms with E-state index >= 15 is 0 Å². The lowest BCUT2D eigenvalue weighted by atomic mass is 10.1. The quantitative estimate of drug-likeness (QED) is 0.394. The zero-order chi connectivity index (χ0) is 18.2.